The van der Waals surface area contributed by atoms with E-state index in [4.69, 9.17) is 9.15 Å². The number of amides is 2. The van der Waals surface area contributed by atoms with Crippen LogP contribution in [-0.2, 0) is 11.3 Å². The van der Waals surface area contributed by atoms with Crippen molar-refractivity contribution in [3.05, 3.63) is 58.5 Å². The predicted octanol–water partition coefficient (Wildman–Crippen LogP) is 3.71. The standard InChI is InChI=1S/C17H19BrN2O3/c1-12-16(13-4-6-14(18)7-5-13)23-10-8-20(12)17(21)19-11-15-3-2-9-22-15/h2-7,9,12,16H,8,10-11H2,1H3,(H,19,21)/t12-,16-/m0/s1. The van der Waals surface area contributed by atoms with Crippen LogP contribution in [0.2, 0.25) is 0 Å². The highest BCUT2D eigenvalue weighted by Crippen LogP contribution is 2.29. The molecule has 122 valence electrons. The van der Waals surface area contributed by atoms with E-state index < -0.39 is 0 Å². The van der Waals surface area contributed by atoms with Gasteiger partial charge in [-0.1, -0.05) is 28.1 Å². The van der Waals surface area contributed by atoms with Crippen molar-refractivity contribution in [2.45, 2.75) is 25.6 Å². The minimum Gasteiger partial charge on any atom is -0.467 e. The van der Waals surface area contributed by atoms with E-state index in [2.05, 4.69) is 21.2 Å². The molecule has 0 aliphatic carbocycles. The van der Waals surface area contributed by atoms with Gasteiger partial charge in [0.15, 0.2) is 0 Å². The molecule has 1 aromatic heterocycles. The lowest BCUT2D eigenvalue weighted by molar-refractivity contribution is -0.0498. The normalized spacial score (nSPS) is 21.2. The van der Waals surface area contributed by atoms with Gasteiger partial charge >= 0.3 is 6.03 Å². The highest BCUT2D eigenvalue weighted by molar-refractivity contribution is 9.10. The molecule has 5 nitrogen and oxygen atoms in total. The smallest absolute Gasteiger partial charge is 0.318 e. The lowest BCUT2D eigenvalue weighted by Crippen LogP contribution is -2.52. The van der Waals surface area contributed by atoms with E-state index in [1.807, 2.05) is 48.2 Å². The van der Waals surface area contributed by atoms with Gasteiger partial charge in [-0.25, -0.2) is 4.79 Å². The van der Waals surface area contributed by atoms with Gasteiger partial charge in [-0.2, -0.15) is 0 Å². The number of carbonyl (C=O) groups is 1. The summed E-state index contributed by atoms with van der Waals surface area (Å²) in [6.07, 6.45) is 1.48. The monoisotopic (exact) mass is 378 g/mol. The minimum absolute atomic E-state index is 0.0403. The molecule has 6 heteroatoms. The molecule has 1 saturated heterocycles. The number of nitrogens with one attached hydrogen (secondary N) is 1. The fraction of sp³-hybridized carbons (Fsp3) is 0.353. The van der Waals surface area contributed by atoms with Crippen LogP contribution in [0.25, 0.3) is 0 Å². The molecule has 2 aromatic rings. The van der Waals surface area contributed by atoms with Crippen molar-refractivity contribution >= 4 is 22.0 Å². The second kappa shape index (κ2) is 7.19. The summed E-state index contributed by atoms with van der Waals surface area (Å²) in [6, 6.07) is 11.5. The zero-order valence-electron chi connectivity index (χ0n) is 12.9. The van der Waals surface area contributed by atoms with Crippen LogP contribution in [-0.4, -0.2) is 30.1 Å². The van der Waals surface area contributed by atoms with E-state index in [1.165, 1.54) is 0 Å². The summed E-state index contributed by atoms with van der Waals surface area (Å²) in [6.45, 7) is 3.51. The first-order valence-electron chi connectivity index (χ1n) is 7.59. The van der Waals surface area contributed by atoms with E-state index in [-0.39, 0.29) is 18.2 Å². The largest absolute Gasteiger partial charge is 0.467 e. The Labute approximate surface area is 143 Å². The zero-order valence-corrected chi connectivity index (χ0v) is 14.5. The molecule has 2 atom stereocenters. The van der Waals surface area contributed by atoms with Crippen molar-refractivity contribution in [2.24, 2.45) is 0 Å². The van der Waals surface area contributed by atoms with Crippen molar-refractivity contribution in [3.8, 4) is 0 Å². The topological polar surface area (TPSA) is 54.7 Å². The third-order valence-corrected chi connectivity index (χ3v) is 4.54. The predicted molar refractivity (Wildman–Crippen MR) is 89.9 cm³/mol. The Hall–Kier alpha value is -1.79. The van der Waals surface area contributed by atoms with Gasteiger partial charge in [0.2, 0.25) is 0 Å². The average molecular weight is 379 g/mol. The summed E-state index contributed by atoms with van der Waals surface area (Å²) >= 11 is 3.43. The Balaban J connectivity index is 1.65. The number of nitrogens with zero attached hydrogens (tertiary/aromatic N) is 1. The zero-order chi connectivity index (χ0) is 16.2. The van der Waals surface area contributed by atoms with Crippen molar-refractivity contribution in [3.63, 3.8) is 0 Å². The maximum Gasteiger partial charge on any atom is 0.318 e. The molecule has 3 rings (SSSR count). The summed E-state index contributed by atoms with van der Waals surface area (Å²) in [7, 11) is 0. The molecule has 1 aromatic carbocycles. The van der Waals surface area contributed by atoms with Crippen molar-refractivity contribution in [1.82, 2.24) is 10.2 Å². The van der Waals surface area contributed by atoms with Crippen LogP contribution in [0.1, 0.15) is 24.4 Å². The number of benzene rings is 1. The molecule has 1 fully saturated rings. The molecule has 23 heavy (non-hydrogen) atoms. The Kier molecular flexibility index (Phi) is 5.03. The molecule has 2 amide bonds. The first-order chi connectivity index (χ1) is 11.1. The van der Waals surface area contributed by atoms with Crippen LogP contribution in [0.5, 0.6) is 0 Å². The number of hydrogen-bond donors (Lipinski definition) is 1. The Bertz CT molecular complexity index is 642. The molecule has 2 heterocycles. The van der Waals surface area contributed by atoms with E-state index in [9.17, 15) is 4.79 Å². The number of rotatable bonds is 3. The van der Waals surface area contributed by atoms with Gasteiger partial charge in [0.25, 0.3) is 0 Å². The Morgan fingerprint density at radius 1 is 1.35 bits per heavy atom. The number of halogens is 1. The van der Waals surface area contributed by atoms with Crippen LogP contribution < -0.4 is 5.32 Å². The van der Waals surface area contributed by atoms with Gasteiger partial charge in [0.05, 0.1) is 25.5 Å². The molecule has 0 radical (unpaired) electrons. The molecule has 1 aliphatic rings. The number of urea groups is 1. The van der Waals surface area contributed by atoms with Crippen LogP contribution in [0.15, 0.2) is 51.6 Å². The number of morpholine rings is 1. The SMILES string of the molecule is C[C@H]1[C@@H](c2ccc(Br)cc2)OCCN1C(=O)NCc1ccco1. The molecule has 0 saturated carbocycles. The second-order valence-corrected chi connectivity index (χ2v) is 6.43. The van der Waals surface area contributed by atoms with Gasteiger partial charge in [0.1, 0.15) is 11.9 Å². The molecular formula is C17H19BrN2O3. The number of ether oxygens (including phenoxy) is 1. The maximum atomic E-state index is 12.4. The summed E-state index contributed by atoms with van der Waals surface area (Å²) in [5, 5.41) is 2.90. The molecule has 0 spiro atoms. The van der Waals surface area contributed by atoms with Gasteiger partial charge < -0.3 is 19.4 Å². The van der Waals surface area contributed by atoms with Crippen molar-refractivity contribution in [1.29, 1.82) is 0 Å². The second-order valence-electron chi connectivity index (χ2n) is 5.52. The fourth-order valence-electron chi connectivity index (χ4n) is 2.78. The lowest BCUT2D eigenvalue weighted by atomic mass is 10.0. The number of carbonyl (C=O) groups excluding carboxylic acids is 1. The van der Waals surface area contributed by atoms with Crippen LogP contribution >= 0.6 is 15.9 Å². The van der Waals surface area contributed by atoms with Gasteiger partial charge in [0, 0.05) is 11.0 Å². The molecular weight excluding hydrogens is 360 g/mol. The van der Waals surface area contributed by atoms with Crippen LogP contribution in [0.4, 0.5) is 4.79 Å². The highest BCUT2D eigenvalue weighted by Gasteiger charge is 2.32. The van der Waals surface area contributed by atoms with Crippen molar-refractivity contribution < 1.29 is 13.9 Å². The molecule has 1 N–H and O–H groups in total. The van der Waals surface area contributed by atoms with Gasteiger partial charge in [-0.3, -0.25) is 0 Å². The van der Waals surface area contributed by atoms with Crippen LogP contribution in [0, 0.1) is 0 Å². The summed E-state index contributed by atoms with van der Waals surface area (Å²) < 4.78 is 12.2. The maximum absolute atomic E-state index is 12.4. The van der Waals surface area contributed by atoms with E-state index in [0.717, 1.165) is 15.8 Å². The molecule has 0 bridgehead atoms. The summed E-state index contributed by atoms with van der Waals surface area (Å²) in [4.78, 5) is 14.3. The average Bonchev–Trinajstić information content (AvgIpc) is 3.07. The molecule has 0 unspecified atom stereocenters. The van der Waals surface area contributed by atoms with E-state index >= 15 is 0 Å². The van der Waals surface area contributed by atoms with E-state index in [1.54, 1.807) is 6.26 Å². The lowest BCUT2D eigenvalue weighted by Gasteiger charge is -2.39. The number of furan rings is 1. The summed E-state index contributed by atoms with van der Waals surface area (Å²) in [5.41, 5.74) is 1.07. The highest BCUT2D eigenvalue weighted by atomic mass is 79.9. The summed E-state index contributed by atoms with van der Waals surface area (Å²) in [5.74, 6) is 0.740. The first kappa shape index (κ1) is 16.1. The van der Waals surface area contributed by atoms with Crippen molar-refractivity contribution in [2.75, 3.05) is 13.2 Å². The van der Waals surface area contributed by atoms with E-state index in [0.29, 0.717) is 19.7 Å². The quantitative estimate of drug-likeness (QED) is 0.885. The fourth-order valence-corrected chi connectivity index (χ4v) is 3.04. The first-order valence-corrected chi connectivity index (χ1v) is 8.38. The third-order valence-electron chi connectivity index (χ3n) is 4.01. The number of hydrogen-bond acceptors (Lipinski definition) is 3. The van der Waals surface area contributed by atoms with Gasteiger partial charge in [-0.15, -0.1) is 0 Å². The third kappa shape index (κ3) is 3.76. The Morgan fingerprint density at radius 2 is 2.13 bits per heavy atom. The Morgan fingerprint density at radius 3 is 2.83 bits per heavy atom. The van der Waals surface area contributed by atoms with Crippen LogP contribution in [0.3, 0.4) is 0 Å². The minimum atomic E-state index is -0.119. The molecule has 1 aliphatic heterocycles. The van der Waals surface area contributed by atoms with Gasteiger partial charge in [-0.05, 0) is 36.8 Å².